The minimum absolute atomic E-state index is 0.0203. The number of pyridine rings is 1. The summed E-state index contributed by atoms with van der Waals surface area (Å²) in [4.78, 5) is 4.23. The van der Waals surface area contributed by atoms with E-state index in [0.29, 0.717) is 18.8 Å². The number of ether oxygens (including phenoxy) is 2. The maximum absolute atomic E-state index is 10.7. The van der Waals surface area contributed by atoms with Gasteiger partial charge in [0, 0.05) is 11.6 Å². The number of aromatic nitrogens is 1. The monoisotopic (exact) mass is 373 g/mol. The molecular weight excluding hydrogens is 354 g/mol. The SMILES string of the molecule is Cc1ccc(S(=O)(=O)O)c(C)c1.c1cnc2ccc3c(c2c1)OCCO3. The molecule has 0 spiro atoms. The highest BCUT2D eigenvalue weighted by molar-refractivity contribution is 7.85. The van der Waals surface area contributed by atoms with Gasteiger partial charge in [0.05, 0.1) is 10.4 Å². The van der Waals surface area contributed by atoms with Gasteiger partial charge in [0.25, 0.3) is 10.1 Å². The van der Waals surface area contributed by atoms with E-state index in [1.807, 2.05) is 31.2 Å². The van der Waals surface area contributed by atoms with Crippen LogP contribution < -0.4 is 9.47 Å². The first-order chi connectivity index (χ1) is 12.4. The van der Waals surface area contributed by atoms with Gasteiger partial charge in [-0.2, -0.15) is 8.42 Å². The summed E-state index contributed by atoms with van der Waals surface area (Å²) in [6, 6.07) is 12.5. The summed E-state index contributed by atoms with van der Waals surface area (Å²) in [6.07, 6.45) is 1.78. The highest BCUT2D eigenvalue weighted by Gasteiger charge is 2.14. The summed E-state index contributed by atoms with van der Waals surface area (Å²) in [5, 5.41) is 1.02. The van der Waals surface area contributed by atoms with E-state index in [0.717, 1.165) is 28.0 Å². The fraction of sp³-hybridized carbons (Fsp3) is 0.211. The minimum atomic E-state index is -4.05. The molecule has 7 heteroatoms. The van der Waals surface area contributed by atoms with Crippen molar-refractivity contribution >= 4 is 21.0 Å². The summed E-state index contributed by atoms with van der Waals surface area (Å²) in [7, 11) is -4.05. The smallest absolute Gasteiger partial charge is 0.294 e. The van der Waals surface area contributed by atoms with E-state index in [4.69, 9.17) is 14.0 Å². The molecule has 1 N–H and O–H groups in total. The van der Waals surface area contributed by atoms with Crippen LogP contribution in [0.4, 0.5) is 0 Å². The lowest BCUT2D eigenvalue weighted by atomic mass is 10.2. The quantitative estimate of drug-likeness (QED) is 0.657. The van der Waals surface area contributed by atoms with Crippen LogP contribution in [0.15, 0.2) is 53.6 Å². The zero-order valence-corrected chi connectivity index (χ0v) is 15.3. The third-order valence-corrected chi connectivity index (χ3v) is 4.91. The molecule has 0 saturated carbocycles. The second-order valence-electron chi connectivity index (χ2n) is 5.90. The lowest BCUT2D eigenvalue weighted by molar-refractivity contribution is 0.174. The van der Waals surface area contributed by atoms with Crippen molar-refractivity contribution in [3.63, 3.8) is 0 Å². The molecule has 0 bridgehead atoms. The molecule has 0 aliphatic carbocycles. The van der Waals surface area contributed by atoms with Crippen molar-refractivity contribution in [3.05, 3.63) is 59.8 Å². The number of hydrogen-bond donors (Lipinski definition) is 1. The molecule has 0 amide bonds. The molecule has 2 aromatic carbocycles. The van der Waals surface area contributed by atoms with E-state index in [9.17, 15) is 8.42 Å². The van der Waals surface area contributed by atoms with Crippen LogP contribution in [0.1, 0.15) is 11.1 Å². The molecule has 26 heavy (non-hydrogen) atoms. The Hall–Kier alpha value is -2.64. The lowest BCUT2D eigenvalue weighted by Crippen LogP contribution is -2.15. The third kappa shape index (κ3) is 3.95. The van der Waals surface area contributed by atoms with Gasteiger partial charge in [0.15, 0.2) is 11.5 Å². The van der Waals surface area contributed by atoms with Crippen molar-refractivity contribution in [3.8, 4) is 11.5 Å². The Bertz CT molecular complexity index is 1050. The molecule has 4 rings (SSSR count). The van der Waals surface area contributed by atoms with E-state index in [2.05, 4.69) is 4.98 Å². The predicted octanol–water partition coefficient (Wildman–Crippen LogP) is 3.56. The average molecular weight is 373 g/mol. The Kier molecular flexibility index (Phi) is 5.11. The van der Waals surface area contributed by atoms with Crippen LogP contribution in [0.5, 0.6) is 11.5 Å². The van der Waals surface area contributed by atoms with Gasteiger partial charge in [0.1, 0.15) is 13.2 Å². The zero-order chi connectivity index (χ0) is 18.7. The van der Waals surface area contributed by atoms with E-state index < -0.39 is 10.1 Å². The Labute approximate surface area is 152 Å². The Morgan fingerprint density at radius 1 is 1.04 bits per heavy atom. The van der Waals surface area contributed by atoms with Gasteiger partial charge >= 0.3 is 0 Å². The first kappa shape index (κ1) is 18.2. The van der Waals surface area contributed by atoms with Gasteiger partial charge < -0.3 is 9.47 Å². The fourth-order valence-electron chi connectivity index (χ4n) is 2.75. The summed E-state index contributed by atoms with van der Waals surface area (Å²) in [5.74, 6) is 1.64. The molecule has 1 aliphatic heterocycles. The predicted molar refractivity (Wildman–Crippen MR) is 98.5 cm³/mol. The molecule has 0 unspecified atom stereocenters. The molecule has 6 nitrogen and oxygen atoms in total. The zero-order valence-electron chi connectivity index (χ0n) is 14.5. The van der Waals surface area contributed by atoms with Crippen LogP contribution in [-0.4, -0.2) is 31.2 Å². The van der Waals surface area contributed by atoms with Crippen molar-refractivity contribution in [2.24, 2.45) is 0 Å². The number of hydrogen-bond acceptors (Lipinski definition) is 5. The van der Waals surface area contributed by atoms with Crippen molar-refractivity contribution in [1.82, 2.24) is 4.98 Å². The molecule has 0 saturated heterocycles. The van der Waals surface area contributed by atoms with Gasteiger partial charge in [-0.1, -0.05) is 17.7 Å². The minimum Gasteiger partial charge on any atom is -0.486 e. The van der Waals surface area contributed by atoms with Crippen LogP contribution in [0.2, 0.25) is 0 Å². The van der Waals surface area contributed by atoms with Crippen LogP contribution in [0, 0.1) is 13.8 Å². The van der Waals surface area contributed by atoms with Crippen LogP contribution >= 0.6 is 0 Å². The average Bonchev–Trinajstić information content (AvgIpc) is 2.61. The van der Waals surface area contributed by atoms with E-state index in [1.165, 1.54) is 6.07 Å². The molecule has 2 heterocycles. The highest BCUT2D eigenvalue weighted by Crippen LogP contribution is 2.36. The van der Waals surface area contributed by atoms with Crippen molar-refractivity contribution < 1.29 is 22.4 Å². The molecule has 0 atom stereocenters. The van der Waals surface area contributed by atoms with Crippen LogP contribution in [0.25, 0.3) is 10.9 Å². The van der Waals surface area contributed by atoms with Gasteiger partial charge in [-0.05, 0) is 49.7 Å². The molecular formula is C19H19NO5S. The van der Waals surface area contributed by atoms with Crippen molar-refractivity contribution in [2.45, 2.75) is 18.7 Å². The molecule has 1 aromatic heterocycles. The number of fused-ring (bicyclic) bond motifs is 3. The van der Waals surface area contributed by atoms with Gasteiger partial charge in [0.2, 0.25) is 0 Å². The fourth-order valence-corrected chi connectivity index (χ4v) is 3.46. The van der Waals surface area contributed by atoms with Gasteiger partial charge in [-0.25, -0.2) is 0 Å². The Balaban J connectivity index is 0.000000153. The summed E-state index contributed by atoms with van der Waals surface area (Å²) in [5.41, 5.74) is 2.48. The maximum atomic E-state index is 10.7. The van der Waals surface area contributed by atoms with Crippen LogP contribution in [0.3, 0.4) is 0 Å². The summed E-state index contributed by atoms with van der Waals surface area (Å²) >= 11 is 0. The highest BCUT2D eigenvalue weighted by atomic mass is 32.2. The van der Waals surface area contributed by atoms with Crippen molar-refractivity contribution in [1.29, 1.82) is 0 Å². The first-order valence-electron chi connectivity index (χ1n) is 8.04. The topological polar surface area (TPSA) is 85.7 Å². The number of benzene rings is 2. The second-order valence-corrected chi connectivity index (χ2v) is 7.29. The maximum Gasteiger partial charge on any atom is 0.294 e. The molecule has 1 aliphatic rings. The first-order valence-corrected chi connectivity index (χ1v) is 9.48. The third-order valence-electron chi connectivity index (χ3n) is 3.90. The van der Waals surface area contributed by atoms with Crippen molar-refractivity contribution in [2.75, 3.05) is 13.2 Å². The largest absolute Gasteiger partial charge is 0.486 e. The van der Waals surface area contributed by atoms with Gasteiger partial charge in [-0.15, -0.1) is 0 Å². The van der Waals surface area contributed by atoms with Crippen LogP contribution in [-0.2, 0) is 10.1 Å². The second kappa shape index (κ2) is 7.31. The number of nitrogens with zero attached hydrogens (tertiary/aromatic N) is 1. The van der Waals surface area contributed by atoms with Gasteiger partial charge in [-0.3, -0.25) is 9.54 Å². The Morgan fingerprint density at radius 3 is 2.54 bits per heavy atom. The number of aryl methyl sites for hydroxylation is 2. The van der Waals surface area contributed by atoms with E-state index in [-0.39, 0.29) is 4.90 Å². The molecule has 3 aromatic rings. The lowest BCUT2D eigenvalue weighted by Gasteiger charge is -2.19. The standard InChI is InChI=1S/C11H9NO2.C8H10O3S/c1-2-8-9(12-5-1)3-4-10-11(8)14-7-6-13-10;1-6-3-4-8(7(2)5-6)12(9,10)11/h1-5H,6-7H2;3-5H,1-2H3,(H,9,10,11). The van der Waals surface area contributed by atoms with E-state index >= 15 is 0 Å². The normalized spacial score (nSPS) is 13.0. The Morgan fingerprint density at radius 2 is 1.81 bits per heavy atom. The summed E-state index contributed by atoms with van der Waals surface area (Å²) < 4.78 is 41.2. The number of rotatable bonds is 1. The molecule has 0 radical (unpaired) electrons. The van der Waals surface area contributed by atoms with E-state index in [1.54, 1.807) is 25.3 Å². The molecule has 0 fully saturated rings. The molecule has 136 valence electrons. The summed E-state index contributed by atoms with van der Waals surface area (Å²) in [6.45, 7) is 4.75.